The van der Waals surface area contributed by atoms with Crippen molar-refractivity contribution in [3.8, 4) is 0 Å². The lowest BCUT2D eigenvalue weighted by molar-refractivity contribution is 0.707. The molecule has 0 fully saturated rings. The predicted octanol–water partition coefficient (Wildman–Crippen LogP) is 2.15. The topological polar surface area (TPSA) is 102 Å². The molecule has 0 bridgehead atoms. The van der Waals surface area contributed by atoms with Crippen molar-refractivity contribution in [2.75, 3.05) is 17.5 Å². The van der Waals surface area contributed by atoms with E-state index >= 15 is 0 Å². The molecule has 0 saturated heterocycles. The highest BCUT2D eigenvalue weighted by atomic mass is 32.1. The molecule has 0 spiro atoms. The Balaban J connectivity index is 1.63. The van der Waals surface area contributed by atoms with E-state index in [2.05, 4.69) is 31.2 Å². The van der Waals surface area contributed by atoms with E-state index < -0.39 is 0 Å². The fourth-order valence-electron chi connectivity index (χ4n) is 2.59. The predicted molar refractivity (Wildman–Crippen MR) is 100 cm³/mol. The monoisotopic (exact) mass is 352 g/mol. The lowest BCUT2D eigenvalue weighted by Gasteiger charge is -2.16. The van der Waals surface area contributed by atoms with Crippen LogP contribution < -0.4 is 21.3 Å². The van der Waals surface area contributed by atoms with Crippen LogP contribution >= 0.6 is 11.3 Å². The third-order valence-corrected chi connectivity index (χ3v) is 4.52. The number of aromatic nitrogens is 3. The maximum Gasteiger partial charge on any atom is 0.170 e. The largest absolute Gasteiger partial charge is 0.393 e. The summed E-state index contributed by atoms with van der Waals surface area (Å²) in [7, 11) is 1.80. The van der Waals surface area contributed by atoms with E-state index in [1.54, 1.807) is 18.8 Å². The van der Waals surface area contributed by atoms with Crippen LogP contribution in [0.4, 0.5) is 11.5 Å². The Morgan fingerprint density at radius 2 is 2.24 bits per heavy atom. The molecule has 8 nitrogen and oxygen atoms in total. The van der Waals surface area contributed by atoms with Gasteiger partial charge in [-0.05, 0) is 24.3 Å². The summed E-state index contributed by atoms with van der Waals surface area (Å²) in [5, 5.41) is 12.4. The van der Waals surface area contributed by atoms with Gasteiger partial charge in [-0.15, -0.1) is 16.9 Å². The van der Waals surface area contributed by atoms with Crippen LogP contribution in [0.3, 0.4) is 0 Å². The summed E-state index contributed by atoms with van der Waals surface area (Å²) < 4.78 is 0. The Labute approximate surface area is 148 Å². The molecule has 0 unspecified atom stereocenters. The quantitative estimate of drug-likeness (QED) is 0.522. The number of fused-ring (bicyclic) bond motifs is 2. The molecule has 126 valence electrons. The van der Waals surface area contributed by atoms with Gasteiger partial charge in [-0.2, -0.15) is 0 Å². The second kappa shape index (κ2) is 6.46. The lowest BCUT2D eigenvalue weighted by atomic mass is 10.2. The van der Waals surface area contributed by atoms with E-state index in [9.17, 15) is 0 Å². The zero-order valence-corrected chi connectivity index (χ0v) is 14.3. The van der Waals surface area contributed by atoms with Gasteiger partial charge in [0.2, 0.25) is 0 Å². The molecule has 4 N–H and O–H groups in total. The molecule has 0 aromatic carbocycles. The van der Waals surface area contributed by atoms with Crippen molar-refractivity contribution in [2.24, 2.45) is 0 Å². The second-order valence-corrected chi connectivity index (χ2v) is 6.24. The van der Waals surface area contributed by atoms with Gasteiger partial charge in [-0.25, -0.2) is 15.0 Å². The zero-order valence-electron chi connectivity index (χ0n) is 13.4. The van der Waals surface area contributed by atoms with Crippen LogP contribution in [-0.2, 0) is 6.54 Å². The van der Waals surface area contributed by atoms with Gasteiger partial charge < -0.3 is 16.2 Å². The van der Waals surface area contributed by atoms with Gasteiger partial charge in [0.1, 0.15) is 4.83 Å². The van der Waals surface area contributed by atoms with E-state index in [1.165, 1.54) is 17.6 Å². The van der Waals surface area contributed by atoms with Crippen molar-refractivity contribution >= 4 is 45.0 Å². The van der Waals surface area contributed by atoms with Crippen molar-refractivity contribution in [2.45, 2.75) is 6.54 Å². The van der Waals surface area contributed by atoms with Crippen molar-refractivity contribution in [1.82, 2.24) is 25.8 Å². The summed E-state index contributed by atoms with van der Waals surface area (Å²) in [4.78, 5) is 14.5. The average molecular weight is 352 g/mol. The fourth-order valence-corrected chi connectivity index (χ4v) is 3.27. The SMILES string of the molecule is CN/C=C(\C=N)c1ccc2c(n1)N(Cc1ccc3ncsc3n1)NN2. The number of hydrazine groups is 2. The maximum atomic E-state index is 7.56. The molecule has 25 heavy (non-hydrogen) atoms. The summed E-state index contributed by atoms with van der Waals surface area (Å²) >= 11 is 1.53. The second-order valence-electron chi connectivity index (χ2n) is 5.40. The molecule has 4 rings (SSSR count). The van der Waals surface area contributed by atoms with Crippen molar-refractivity contribution in [3.63, 3.8) is 0 Å². The fraction of sp³-hybridized carbons (Fsp3) is 0.125. The normalized spacial score (nSPS) is 13.6. The number of nitrogens with zero attached hydrogens (tertiary/aromatic N) is 4. The van der Waals surface area contributed by atoms with Gasteiger partial charge in [0.25, 0.3) is 0 Å². The van der Waals surface area contributed by atoms with E-state index in [1.807, 2.05) is 29.3 Å². The molecule has 0 amide bonds. The number of pyridine rings is 2. The Morgan fingerprint density at radius 3 is 3.08 bits per heavy atom. The number of nitrogens with one attached hydrogen (secondary N) is 4. The van der Waals surface area contributed by atoms with Crippen LogP contribution in [0.5, 0.6) is 0 Å². The average Bonchev–Trinajstić information content (AvgIpc) is 3.26. The highest BCUT2D eigenvalue weighted by Gasteiger charge is 2.22. The summed E-state index contributed by atoms with van der Waals surface area (Å²) in [5.74, 6) is 0.771. The molecule has 3 aromatic heterocycles. The lowest BCUT2D eigenvalue weighted by Crippen LogP contribution is -2.36. The van der Waals surface area contributed by atoms with Crippen LogP contribution in [0, 0.1) is 5.41 Å². The Kier molecular flexibility index (Phi) is 4.00. The Bertz CT molecular complexity index is 964. The number of rotatable bonds is 5. The number of thiazole rings is 1. The first-order valence-electron chi connectivity index (χ1n) is 7.66. The number of hydrogen-bond donors (Lipinski definition) is 4. The minimum Gasteiger partial charge on any atom is -0.393 e. The Hall–Kier alpha value is -3.04. The highest BCUT2D eigenvalue weighted by molar-refractivity contribution is 7.16. The molecule has 0 saturated carbocycles. The first-order chi connectivity index (χ1) is 12.3. The van der Waals surface area contributed by atoms with Gasteiger partial charge in [0.15, 0.2) is 5.82 Å². The van der Waals surface area contributed by atoms with Crippen LogP contribution in [0.1, 0.15) is 11.4 Å². The summed E-state index contributed by atoms with van der Waals surface area (Å²) in [5.41, 5.74) is 12.2. The van der Waals surface area contributed by atoms with Crippen molar-refractivity contribution < 1.29 is 0 Å². The van der Waals surface area contributed by atoms with Crippen LogP contribution in [0.15, 0.2) is 36.0 Å². The van der Waals surface area contributed by atoms with Crippen LogP contribution in [0.2, 0.25) is 0 Å². The highest BCUT2D eigenvalue weighted by Crippen LogP contribution is 2.29. The third-order valence-electron chi connectivity index (χ3n) is 3.78. The Morgan fingerprint density at radius 1 is 1.32 bits per heavy atom. The zero-order chi connectivity index (χ0) is 17.2. The third kappa shape index (κ3) is 2.90. The summed E-state index contributed by atoms with van der Waals surface area (Å²) in [6, 6.07) is 7.77. The van der Waals surface area contributed by atoms with E-state index in [0.717, 1.165) is 33.2 Å². The molecule has 1 aliphatic rings. The first-order valence-corrected chi connectivity index (χ1v) is 8.54. The van der Waals surface area contributed by atoms with Crippen LogP contribution in [0.25, 0.3) is 15.9 Å². The van der Waals surface area contributed by atoms with Gasteiger partial charge in [-0.3, -0.25) is 5.01 Å². The first kappa shape index (κ1) is 15.5. The van der Waals surface area contributed by atoms with Gasteiger partial charge in [0, 0.05) is 25.0 Å². The maximum absolute atomic E-state index is 7.56. The van der Waals surface area contributed by atoms with Crippen molar-refractivity contribution in [3.05, 3.63) is 47.4 Å². The van der Waals surface area contributed by atoms with Gasteiger partial charge >= 0.3 is 0 Å². The van der Waals surface area contributed by atoms with Gasteiger partial charge in [-0.1, -0.05) is 0 Å². The summed E-state index contributed by atoms with van der Waals surface area (Å²) in [6.07, 6.45) is 3.03. The molecule has 0 atom stereocenters. The molecule has 4 heterocycles. The van der Waals surface area contributed by atoms with Crippen molar-refractivity contribution in [1.29, 1.82) is 5.41 Å². The van der Waals surface area contributed by atoms with E-state index in [-0.39, 0.29) is 0 Å². The van der Waals surface area contributed by atoms with Gasteiger partial charge in [0.05, 0.1) is 34.6 Å². The standard InChI is InChI=1S/C16H16N8S/c1-18-7-10(6-17)12-4-5-13-15(21-12)24(23-22-13)8-11-2-3-14-16(20-11)25-9-19-14/h2-7,9,17-18,22-23H,8H2,1H3/b10-7+,17-6?. The molecule has 0 aliphatic carbocycles. The minimum atomic E-state index is 0.556. The van der Waals surface area contributed by atoms with E-state index in [4.69, 9.17) is 5.41 Å². The molecule has 0 radical (unpaired) electrons. The molecule has 9 heteroatoms. The molecule has 3 aromatic rings. The molecule has 1 aliphatic heterocycles. The number of anilines is 2. The van der Waals surface area contributed by atoms with E-state index in [0.29, 0.717) is 12.1 Å². The molecular formula is C16H16N8S. The number of hydrogen-bond acceptors (Lipinski definition) is 9. The minimum absolute atomic E-state index is 0.556. The van der Waals surface area contributed by atoms with Crippen LogP contribution in [-0.4, -0.2) is 28.2 Å². The number of allylic oxidation sites excluding steroid dienone is 1. The smallest absolute Gasteiger partial charge is 0.170 e. The molecular weight excluding hydrogens is 336 g/mol. The summed E-state index contributed by atoms with van der Waals surface area (Å²) in [6.45, 7) is 0.556.